The van der Waals surface area contributed by atoms with E-state index < -0.39 is 0 Å². The van der Waals surface area contributed by atoms with E-state index in [-0.39, 0.29) is 5.82 Å². The molecule has 0 atom stereocenters. The highest BCUT2D eigenvalue weighted by Crippen LogP contribution is 2.22. The van der Waals surface area contributed by atoms with E-state index in [1.54, 1.807) is 23.9 Å². The molecule has 15 heavy (non-hydrogen) atoms. The molecule has 0 unspecified atom stereocenters. The normalized spacial score (nSPS) is 10.5. The molecule has 0 radical (unpaired) electrons. The van der Waals surface area contributed by atoms with Gasteiger partial charge in [0.25, 0.3) is 0 Å². The second-order valence-corrected chi connectivity index (χ2v) is 4.62. The van der Waals surface area contributed by atoms with Crippen molar-refractivity contribution in [3.63, 3.8) is 0 Å². The lowest BCUT2D eigenvalue weighted by Crippen LogP contribution is -1.86. The van der Waals surface area contributed by atoms with Gasteiger partial charge >= 0.3 is 0 Å². The molecule has 0 aliphatic carbocycles. The summed E-state index contributed by atoms with van der Waals surface area (Å²) in [4.78, 5) is 5.02. The molecule has 6 heteroatoms. The van der Waals surface area contributed by atoms with Gasteiger partial charge in [0.15, 0.2) is 11.0 Å². The van der Waals surface area contributed by atoms with Crippen LogP contribution in [0.4, 0.5) is 9.52 Å². The number of anilines is 1. The third kappa shape index (κ3) is 2.90. The van der Waals surface area contributed by atoms with Gasteiger partial charge in [0.05, 0.1) is 5.75 Å². The largest absolute Gasteiger partial charge is 0.374 e. The molecule has 0 saturated carbocycles. The van der Waals surface area contributed by atoms with Crippen LogP contribution in [0.3, 0.4) is 0 Å². The first-order chi connectivity index (χ1) is 7.24. The van der Waals surface area contributed by atoms with Gasteiger partial charge in [-0.15, -0.1) is 11.8 Å². The number of hydrogen-bond donors (Lipinski definition) is 1. The second kappa shape index (κ2) is 4.59. The summed E-state index contributed by atoms with van der Waals surface area (Å²) < 4.78 is 16.7. The van der Waals surface area contributed by atoms with E-state index in [0.717, 1.165) is 4.90 Å². The van der Waals surface area contributed by atoms with Crippen LogP contribution in [0.15, 0.2) is 29.2 Å². The van der Waals surface area contributed by atoms with E-state index >= 15 is 0 Å². The van der Waals surface area contributed by atoms with Crippen LogP contribution in [-0.2, 0) is 5.75 Å². The van der Waals surface area contributed by atoms with Gasteiger partial charge in [0, 0.05) is 16.4 Å². The Morgan fingerprint density at radius 3 is 2.67 bits per heavy atom. The highest BCUT2D eigenvalue weighted by Gasteiger charge is 2.02. The molecule has 1 aromatic carbocycles. The molecule has 1 heterocycles. The van der Waals surface area contributed by atoms with Gasteiger partial charge in [-0.05, 0) is 24.3 Å². The Balaban J connectivity index is 1.96. The van der Waals surface area contributed by atoms with E-state index in [1.807, 2.05) is 0 Å². The van der Waals surface area contributed by atoms with Crippen molar-refractivity contribution in [2.24, 2.45) is 0 Å². The van der Waals surface area contributed by atoms with E-state index in [2.05, 4.69) is 9.36 Å². The monoisotopic (exact) mass is 241 g/mol. The standard InChI is InChI=1S/C9H8FN3S2/c10-6-1-3-7(4-2-6)14-5-8-12-9(11)15-13-8/h1-4H,5H2,(H2,11,12,13). The SMILES string of the molecule is Nc1nc(CSc2ccc(F)cc2)ns1. The maximum Gasteiger partial charge on any atom is 0.199 e. The minimum Gasteiger partial charge on any atom is -0.374 e. The minimum absolute atomic E-state index is 0.227. The number of halogens is 1. The van der Waals surface area contributed by atoms with Gasteiger partial charge in [-0.1, -0.05) is 0 Å². The summed E-state index contributed by atoms with van der Waals surface area (Å²) in [7, 11) is 0. The third-order valence-electron chi connectivity index (χ3n) is 1.67. The molecule has 2 N–H and O–H groups in total. The van der Waals surface area contributed by atoms with Crippen LogP contribution >= 0.6 is 23.3 Å². The average molecular weight is 241 g/mol. The average Bonchev–Trinajstić information content (AvgIpc) is 2.64. The van der Waals surface area contributed by atoms with Crippen molar-refractivity contribution in [2.75, 3.05) is 5.73 Å². The quantitative estimate of drug-likeness (QED) is 0.839. The summed E-state index contributed by atoms with van der Waals surface area (Å²) in [5.41, 5.74) is 5.45. The van der Waals surface area contributed by atoms with Gasteiger partial charge in [-0.2, -0.15) is 4.37 Å². The number of nitrogens with two attached hydrogens (primary N) is 1. The van der Waals surface area contributed by atoms with Crippen LogP contribution < -0.4 is 5.73 Å². The first kappa shape index (κ1) is 10.4. The summed E-state index contributed by atoms with van der Waals surface area (Å²) >= 11 is 2.74. The predicted octanol–water partition coefficient (Wildman–Crippen LogP) is 2.55. The predicted molar refractivity (Wildman–Crippen MR) is 60.3 cm³/mol. The highest BCUT2D eigenvalue weighted by atomic mass is 32.2. The summed E-state index contributed by atoms with van der Waals surface area (Å²) in [6.07, 6.45) is 0. The molecule has 2 aromatic rings. The van der Waals surface area contributed by atoms with Crippen molar-refractivity contribution in [3.8, 4) is 0 Å². The molecule has 0 bridgehead atoms. The number of rotatable bonds is 3. The molecule has 2 rings (SSSR count). The van der Waals surface area contributed by atoms with Crippen molar-refractivity contribution < 1.29 is 4.39 Å². The molecule has 78 valence electrons. The fourth-order valence-corrected chi connectivity index (χ4v) is 2.29. The molecule has 0 aliphatic heterocycles. The zero-order valence-corrected chi connectivity index (χ0v) is 9.32. The van der Waals surface area contributed by atoms with Crippen molar-refractivity contribution >= 4 is 28.4 Å². The lowest BCUT2D eigenvalue weighted by atomic mass is 10.4. The topological polar surface area (TPSA) is 51.8 Å². The summed E-state index contributed by atoms with van der Waals surface area (Å²) in [6, 6.07) is 6.34. The second-order valence-electron chi connectivity index (χ2n) is 2.79. The van der Waals surface area contributed by atoms with Crippen LogP contribution in [-0.4, -0.2) is 9.36 Å². The van der Waals surface area contributed by atoms with Crippen molar-refractivity contribution in [1.29, 1.82) is 0 Å². The summed E-state index contributed by atoms with van der Waals surface area (Å²) in [5, 5.41) is 0.477. The van der Waals surface area contributed by atoms with Gasteiger partial charge < -0.3 is 5.73 Å². The maximum absolute atomic E-state index is 12.6. The Labute approximate surface area is 94.7 Å². The van der Waals surface area contributed by atoms with Gasteiger partial charge in [-0.25, -0.2) is 9.37 Å². The molecule has 1 aromatic heterocycles. The van der Waals surface area contributed by atoms with Gasteiger partial charge in [0.2, 0.25) is 0 Å². The van der Waals surface area contributed by atoms with Crippen molar-refractivity contribution in [2.45, 2.75) is 10.6 Å². The lowest BCUT2D eigenvalue weighted by molar-refractivity contribution is 0.626. The van der Waals surface area contributed by atoms with Crippen LogP contribution in [0.2, 0.25) is 0 Å². The first-order valence-corrected chi connectivity index (χ1v) is 5.96. The lowest BCUT2D eigenvalue weighted by Gasteiger charge is -1.97. The van der Waals surface area contributed by atoms with Crippen molar-refractivity contribution in [3.05, 3.63) is 35.9 Å². The number of thioether (sulfide) groups is 1. The fourth-order valence-electron chi connectivity index (χ4n) is 1.00. The Morgan fingerprint density at radius 1 is 1.33 bits per heavy atom. The minimum atomic E-state index is -0.227. The van der Waals surface area contributed by atoms with E-state index in [4.69, 9.17) is 5.73 Å². The van der Waals surface area contributed by atoms with Crippen LogP contribution in [0, 0.1) is 5.82 Å². The number of nitrogens with zero attached hydrogens (tertiary/aromatic N) is 2. The Hall–Kier alpha value is -1.14. The molecule has 0 amide bonds. The smallest absolute Gasteiger partial charge is 0.199 e. The first-order valence-electron chi connectivity index (χ1n) is 4.20. The molecule has 3 nitrogen and oxygen atoms in total. The number of nitrogen functional groups attached to an aromatic ring is 1. The maximum atomic E-state index is 12.6. The van der Waals surface area contributed by atoms with E-state index in [0.29, 0.717) is 16.7 Å². The Kier molecular flexibility index (Phi) is 3.17. The summed E-state index contributed by atoms with van der Waals surface area (Å²) in [6.45, 7) is 0. The molecule has 0 fully saturated rings. The highest BCUT2D eigenvalue weighted by molar-refractivity contribution is 7.98. The van der Waals surface area contributed by atoms with Crippen LogP contribution in [0.1, 0.15) is 5.82 Å². The zero-order valence-electron chi connectivity index (χ0n) is 7.68. The fraction of sp³-hybridized carbons (Fsp3) is 0.111. The molecule has 0 saturated heterocycles. The van der Waals surface area contributed by atoms with Crippen LogP contribution in [0.5, 0.6) is 0 Å². The third-order valence-corrected chi connectivity index (χ3v) is 3.25. The van der Waals surface area contributed by atoms with E-state index in [9.17, 15) is 4.39 Å². The molecular formula is C9H8FN3S2. The number of benzene rings is 1. The summed E-state index contributed by atoms with van der Waals surface area (Å²) in [5.74, 6) is 1.14. The Morgan fingerprint density at radius 2 is 2.07 bits per heavy atom. The Bertz CT molecular complexity index is 441. The number of hydrogen-bond acceptors (Lipinski definition) is 5. The van der Waals surface area contributed by atoms with Gasteiger partial charge in [-0.3, -0.25) is 0 Å². The molecule has 0 spiro atoms. The number of aromatic nitrogens is 2. The molecule has 0 aliphatic rings. The van der Waals surface area contributed by atoms with Gasteiger partial charge in [0.1, 0.15) is 5.82 Å². The van der Waals surface area contributed by atoms with Crippen molar-refractivity contribution in [1.82, 2.24) is 9.36 Å². The van der Waals surface area contributed by atoms with E-state index in [1.165, 1.54) is 23.7 Å². The van der Waals surface area contributed by atoms with Crippen LogP contribution in [0.25, 0.3) is 0 Å². The molecular weight excluding hydrogens is 233 g/mol. The zero-order chi connectivity index (χ0) is 10.7.